The van der Waals surface area contributed by atoms with Crippen LogP contribution in [0.25, 0.3) is 9.88 Å². The van der Waals surface area contributed by atoms with Gasteiger partial charge in [0, 0.05) is 16.5 Å². The molecule has 1 saturated heterocycles. The van der Waals surface area contributed by atoms with E-state index in [0.717, 1.165) is 35.8 Å². The third kappa shape index (κ3) is 4.27. The SMILES string of the molecule is Cl.O=C(Nc1ncc(C2CCNCC2)s1)c1csc(-c2cccs2)n1. The molecule has 1 aliphatic rings. The first-order valence-electron chi connectivity index (χ1n) is 7.77. The second kappa shape index (κ2) is 8.37. The summed E-state index contributed by atoms with van der Waals surface area (Å²) in [6, 6.07) is 4.00. The molecule has 1 amide bonds. The first-order chi connectivity index (χ1) is 11.8. The van der Waals surface area contributed by atoms with Gasteiger partial charge in [0.2, 0.25) is 0 Å². The molecule has 3 aromatic rings. The Morgan fingerprint density at radius 3 is 2.88 bits per heavy atom. The molecule has 0 aromatic carbocycles. The van der Waals surface area contributed by atoms with Gasteiger partial charge in [-0.3, -0.25) is 10.1 Å². The molecule has 25 heavy (non-hydrogen) atoms. The van der Waals surface area contributed by atoms with E-state index in [-0.39, 0.29) is 18.3 Å². The van der Waals surface area contributed by atoms with Crippen molar-refractivity contribution in [2.75, 3.05) is 18.4 Å². The van der Waals surface area contributed by atoms with Gasteiger partial charge in [-0.15, -0.1) is 46.4 Å². The van der Waals surface area contributed by atoms with Crippen molar-refractivity contribution < 1.29 is 4.79 Å². The highest BCUT2D eigenvalue weighted by Gasteiger charge is 2.19. The summed E-state index contributed by atoms with van der Waals surface area (Å²) < 4.78 is 0. The van der Waals surface area contributed by atoms with Crippen molar-refractivity contribution in [1.82, 2.24) is 15.3 Å². The fraction of sp³-hybridized carbons (Fsp3) is 0.312. The van der Waals surface area contributed by atoms with Gasteiger partial charge in [-0.1, -0.05) is 6.07 Å². The fourth-order valence-corrected chi connectivity index (χ4v) is 5.29. The molecule has 9 heteroatoms. The van der Waals surface area contributed by atoms with Crippen LogP contribution in [-0.2, 0) is 0 Å². The predicted molar refractivity (Wildman–Crippen MR) is 108 cm³/mol. The molecular formula is C16H17ClN4OS3. The molecule has 1 fully saturated rings. The summed E-state index contributed by atoms with van der Waals surface area (Å²) in [7, 11) is 0. The van der Waals surface area contributed by atoms with Crippen molar-refractivity contribution in [3.63, 3.8) is 0 Å². The molecule has 4 heterocycles. The summed E-state index contributed by atoms with van der Waals surface area (Å²) in [6.45, 7) is 2.10. The standard InChI is InChI=1S/C16H16N4OS3.ClH/c21-14(11-9-23-15(19-11)12-2-1-7-22-12)20-16-18-8-13(24-16)10-3-5-17-6-4-10;/h1-2,7-10,17H,3-6H2,(H,18,20,21);1H. The number of nitrogens with one attached hydrogen (secondary N) is 2. The lowest BCUT2D eigenvalue weighted by molar-refractivity contribution is 0.102. The number of nitrogens with zero attached hydrogens (tertiary/aromatic N) is 2. The Labute approximate surface area is 164 Å². The van der Waals surface area contributed by atoms with E-state index in [9.17, 15) is 4.79 Å². The minimum absolute atomic E-state index is 0. The number of piperidine rings is 1. The maximum Gasteiger partial charge on any atom is 0.276 e. The minimum atomic E-state index is -0.194. The van der Waals surface area contributed by atoms with E-state index in [2.05, 4.69) is 20.6 Å². The van der Waals surface area contributed by atoms with Crippen LogP contribution in [0.15, 0.2) is 29.1 Å². The van der Waals surface area contributed by atoms with Gasteiger partial charge in [0.05, 0.1) is 4.88 Å². The van der Waals surface area contributed by atoms with Crippen LogP contribution in [0.1, 0.15) is 34.1 Å². The largest absolute Gasteiger partial charge is 0.317 e. The topological polar surface area (TPSA) is 66.9 Å². The quantitative estimate of drug-likeness (QED) is 0.663. The van der Waals surface area contributed by atoms with E-state index in [1.54, 1.807) is 28.1 Å². The Morgan fingerprint density at radius 1 is 1.28 bits per heavy atom. The molecule has 0 spiro atoms. The zero-order valence-electron chi connectivity index (χ0n) is 13.2. The van der Waals surface area contributed by atoms with Gasteiger partial charge in [0.15, 0.2) is 5.13 Å². The molecule has 0 unspecified atom stereocenters. The van der Waals surface area contributed by atoms with Crippen molar-refractivity contribution in [3.05, 3.63) is 39.7 Å². The van der Waals surface area contributed by atoms with Crippen LogP contribution < -0.4 is 10.6 Å². The molecule has 0 radical (unpaired) electrons. The van der Waals surface area contributed by atoms with Crippen molar-refractivity contribution in [2.45, 2.75) is 18.8 Å². The second-order valence-corrected chi connectivity index (χ2v) is 8.43. The monoisotopic (exact) mass is 412 g/mol. The summed E-state index contributed by atoms with van der Waals surface area (Å²) in [6.07, 6.45) is 4.16. The number of aromatic nitrogens is 2. The third-order valence-electron chi connectivity index (χ3n) is 3.95. The molecule has 1 aliphatic heterocycles. The Bertz CT molecular complexity index is 824. The van der Waals surface area contributed by atoms with Gasteiger partial charge < -0.3 is 5.32 Å². The van der Waals surface area contributed by atoms with E-state index in [1.165, 1.54) is 16.2 Å². The second-order valence-electron chi connectivity index (χ2n) is 5.56. The smallest absolute Gasteiger partial charge is 0.276 e. The van der Waals surface area contributed by atoms with Gasteiger partial charge in [0.25, 0.3) is 5.91 Å². The summed E-state index contributed by atoms with van der Waals surface area (Å²) >= 11 is 4.69. The molecule has 5 nitrogen and oxygen atoms in total. The van der Waals surface area contributed by atoms with Crippen LogP contribution >= 0.6 is 46.4 Å². The Morgan fingerprint density at radius 2 is 2.12 bits per heavy atom. The van der Waals surface area contributed by atoms with Crippen molar-refractivity contribution in [2.24, 2.45) is 0 Å². The Balaban J connectivity index is 0.00000182. The summed E-state index contributed by atoms with van der Waals surface area (Å²) in [5.74, 6) is 0.361. The third-order valence-corrected chi connectivity index (χ3v) is 6.91. The van der Waals surface area contributed by atoms with Crippen LogP contribution in [0.4, 0.5) is 5.13 Å². The number of thiazole rings is 2. The van der Waals surface area contributed by atoms with E-state index in [4.69, 9.17) is 0 Å². The van der Waals surface area contributed by atoms with Crippen molar-refractivity contribution in [3.8, 4) is 9.88 Å². The van der Waals surface area contributed by atoms with E-state index in [0.29, 0.717) is 16.7 Å². The Hall–Kier alpha value is -1.32. The highest BCUT2D eigenvalue weighted by Crippen LogP contribution is 2.32. The number of halogens is 1. The molecule has 3 aromatic heterocycles. The van der Waals surface area contributed by atoms with Crippen molar-refractivity contribution >= 4 is 57.5 Å². The van der Waals surface area contributed by atoms with Crippen molar-refractivity contribution in [1.29, 1.82) is 0 Å². The number of rotatable bonds is 4. The fourth-order valence-electron chi connectivity index (χ4n) is 2.69. The summed E-state index contributed by atoms with van der Waals surface area (Å²) in [5, 5.41) is 11.6. The maximum absolute atomic E-state index is 12.4. The highest BCUT2D eigenvalue weighted by atomic mass is 35.5. The lowest BCUT2D eigenvalue weighted by Gasteiger charge is -2.20. The van der Waals surface area contributed by atoms with Crippen LogP contribution in [0, 0.1) is 0 Å². The first kappa shape index (κ1) is 18.5. The average molecular weight is 413 g/mol. The minimum Gasteiger partial charge on any atom is -0.317 e. The molecule has 132 valence electrons. The van der Waals surface area contributed by atoms with Gasteiger partial charge in [-0.25, -0.2) is 9.97 Å². The molecule has 4 rings (SSSR count). The molecular weight excluding hydrogens is 396 g/mol. The first-order valence-corrected chi connectivity index (χ1v) is 10.3. The van der Waals surface area contributed by atoms with Crippen LogP contribution in [0.3, 0.4) is 0 Å². The molecule has 0 saturated carbocycles. The van der Waals surface area contributed by atoms with Crippen LogP contribution in [-0.4, -0.2) is 29.0 Å². The van der Waals surface area contributed by atoms with Gasteiger partial charge in [-0.2, -0.15) is 0 Å². The number of amides is 1. The Kier molecular flexibility index (Phi) is 6.19. The summed E-state index contributed by atoms with van der Waals surface area (Å²) in [4.78, 5) is 23.5. The molecule has 2 N–H and O–H groups in total. The van der Waals surface area contributed by atoms with E-state index in [1.807, 2.05) is 23.7 Å². The summed E-state index contributed by atoms with van der Waals surface area (Å²) in [5.41, 5.74) is 0.446. The number of thiophene rings is 1. The average Bonchev–Trinajstić information content (AvgIpc) is 3.36. The number of carbonyl (C=O) groups excluding carboxylic acids is 1. The highest BCUT2D eigenvalue weighted by molar-refractivity contribution is 7.20. The van der Waals surface area contributed by atoms with Gasteiger partial charge in [-0.05, 0) is 43.3 Å². The number of hydrogen-bond acceptors (Lipinski definition) is 7. The number of hydrogen-bond donors (Lipinski definition) is 2. The van der Waals surface area contributed by atoms with Gasteiger partial charge >= 0.3 is 0 Å². The maximum atomic E-state index is 12.4. The molecule has 0 aliphatic carbocycles. The zero-order valence-corrected chi connectivity index (χ0v) is 16.5. The normalized spacial score (nSPS) is 14.9. The predicted octanol–water partition coefficient (Wildman–Crippen LogP) is 4.47. The van der Waals surface area contributed by atoms with E-state index < -0.39 is 0 Å². The van der Waals surface area contributed by atoms with Gasteiger partial charge in [0.1, 0.15) is 10.7 Å². The lowest BCUT2D eigenvalue weighted by atomic mass is 9.97. The zero-order chi connectivity index (χ0) is 16.4. The van der Waals surface area contributed by atoms with Crippen LogP contribution in [0.2, 0.25) is 0 Å². The lowest BCUT2D eigenvalue weighted by Crippen LogP contribution is -2.26. The molecule has 0 atom stereocenters. The number of carbonyl (C=O) groups is 1. The van der Waals surface area contributed by atoms with Crippen LogP contribution in [0.5, 0.6) is 0 Å². The number of anilines is 1. The molecule has 0 bridgehead atoms. The van der Waals surface area contributed by atoms with E-state index >= 15 is 0 Å².